The highest BCUT2D eigenvalue weighted by molar-refractivity contribution is 5.61. The summed E-state index contributed by atoms with van der Waals surface area (Å²) in [7, 11) is 4.16. The first-order valence-electron chi connectivity index (χ1n) is 11.0. The molecule has 2 unspecified atom stereocenters. The topological polar surface area (TPSA) is 45.1 Å². The third-order valence-corrected chi connectivity index (χ3v) is 7.39. The van der Waals surface area contributed by atoms with Crippen LogP contribution in [-0.4, -0.2) is 49.6 Å². The number of hydrogen-bond acceptors (Lipinski definition) is 4. The normalized spacial score (nSPS) is 38.8. The van der Waals surface area contributed by atoms with E-state index < -0.39 is 0 Å². The van der Waals surface area contributed by atoms with Crippen molar-refractivity contribution in [2.75, 3.05) is 27.2 Å². The Bertz CT molecular complexity index is 447. The van der Waals surface area contributed by atoms with Gasteiger partial charge in [0.05, 0.1) is 6.10 Å². The summed E-state index contributed by atoms with van der Waals surface area (Å²) >= 11 is 0. The zero-order valence-electron chi connectivity index (χ0n) is 17.1. The highest BCUT2D eigenvalue weighted by Crippen LogP contribution is 2.52. The highest BCUT2D eigenvalue weighted by Gasteiger charge is 2.49. The lowest BCUT2D eigenvalue weighted by Gasteiger charge is -2.43. The van der Waals surface area contributed by atoms with E-state index in [0.29, 0.717) is 30.3 Å². The molecule has 0 bridgehead atoms. The van der Waals surface area contributed by atoms with Crippen molar-refractivity contribution in [1.82, 2.24) is 4.90 Å². The van der Waals surface area contributed by atoms with Crippen LogP contribution in [0.25, 0.3) is 0 Å². The van der Waals surface area contributed by atoms with Gasteiger partial charge < -0.3 is 14.8 Å². The van der Waals surface area contributed by atoms with Gasteiger partial charge in [0.1, 0.15) is 6.61 Å². The molecule has 4 nitrogen and oxygen atoms in total. The molecular formula is C22H40N2O2. The number of aliphatic hydroxyl groups is 1. The molecule has 0 aromatic carbocycles. The fraction of sp³-hybridized carbons (Fsp3) is 0.955. The van der Waals surface area contributed by atoms with Crippen LogP contribution in [0.15, 0.2) is 5.16 Å². The molecule has 3 fully saturated rings. The average Bonchev–Trinajstić information content (AvgIpc) is 2.95. The lowest BCUT2D eigenvalue weighted by Crippen LogP contribution is -2.37. The van der Waals surface area contributed by atoms with E-state index in [1.807, 2.05) is 6.21 Å². The third-order valence-electron chi connectivity index (χ3n) is 7.39. The minimum absolute atomic E-state index is 0.140. The first-order valence-corrected chi connectivity index (χ1v) is 11.0. The SMILES string of the molecule is CC1C[C@H](C2CCCCC2)C[C@@H]2C(O)C[C@H](/C=N/OCCCN(C)C)[C@@H]12. The quantitative estimate of drug-likeness (QED) is 0.419. The first kappa shape index (κ1) is 20.1. The second-order valence-corrected chi connectivity index (χ2v) is 9.56. The Hall–Kier alpha value is -0.610. The van der Waals surface area contributed by atoms with E-state index in [1.54, 1.807) is 0 Å². The number of rotatable bonds is 7. The Morgan fingerprint density at radius 3 is 2.58 bits per heavy atom. The first-order chi connectivity index (χ1) is 12.6. The summed E-state index contributed by atoms with van der Waals surface area (Å²) in [6.07, 6.45) is 13.5. The van der Waals surface area contributed by atoms with Crippen LogP contribution in [0, 0.1) is 35.5 Å². The van der Waals surface area contributed by atoms with Gasteiger partial charge in [-0.05, 0) is 69.4 Å². The molecule has 0 radical (unpaired) electrons. The Morgan fingerprint density at radius 1 is 1.08 bits per heavy atom. The minimum atomic E-state index is -0.140. The highest BCUT2D eigenvalue weighted by atomic mass is 16.6. The minimum Gasteiger partial charge on any atom is -0.396 e. The maximum atomic E-state index is 10.7. The van der Waals surface area contributed by atoms with Gasteiger partial charge in [0, 0.05) is 18.7 Å². The van der Waals surface area contributed by atoms with Crippen molar-refractivity contribution in [2.45, 2.75) is 70.8 Å². The largest absolute Gasteiger partial charge is 0.396 e. The molecule has 0 aliphatic heterocycles. The molecule has 6 atom stereocenters. The van der Waals surface area contributed by atoms with Gasteiger partial charge in [-0.3, -0.25) is 0 Å². The number of hydrogen-bond donors (Lipinski definition) is 1. The predicted octanol–water partition coefficient (Wildman–Crippen LogP) is 4.18. The van der Waals surface area contributed by atoms with Crippen LogP contribution in [-0.2, 0) is 4.84 Å². The third kappa shape index (κ3) is 5.01. The van der Waals surface area contributed by atoms with Crippen LogP contribution in [0.1, 0.15) is 64.7 Å². The lowest BCUT2D eigenvalue weighted by atomic mass is 9.62. The fourth-order valence-electron chi connectivity index (χ4n) is 6.19. The van der Waals surface area contributed by atoms with Gasteiger partial charge in [0.25, 0.3) is 0 Å². The van der Waals surface area contributed by atoms with Crippen LogP contribution in [0.3, 0.4) is 0 Å². The maximum Gasteiger partial charge on any atom is 0.118 e. The zero-order valence-corrected chi connectivity index (χ0v) is 17.1. The molecule has 0 heterocycles. The Kier molecular flexibility index (Phi) is 7.39. The molecule has 3 rings (SSSR count). The van der Waals surface area contributed by atoms with E-state index in [2.05, 4.69) is 31.1 Å². The van der Waals surface area contributed by atoms with Crippen LogP contribution >= 0.6 is 0 Å². The average molecular weight is 365 g/mol. The summed E-state index contributed by atoms with van der Waals surface area (Å²) in [5.74, 6) is 3.94. The molecule has 26 heavy (non-hydrogen) atoms. The molecule has 1 N–H and O–H groups in total. The number of nitrogens with zero attached hydrogens (tertiary/aromatic N) is 2. The van der Waals surface area contributed by atoms with Gasteiger partial charge in [-0.1, -0.05) is 44.2 Å². The van der Waals surface area contributed by atoms with Gasteiger partial charge >= 0.3 is 0 Å². The molecule has 3 aliphatic carbocycles. The van der Waals surface area contributed by atoms with Crippen molar-refractivity contribution >= 4 is 6.21 Å². The van der Waals surface area contributed by atoms with Crippen LogP contribution in [0.4, 0.5) is 0 Å². The van der Waals surface area contributed by atoms with E-state index in [-0.39, 0.29) is 6.10 Å². The molecule has 0 aromatic rings. The second kappa shape index (κ2) is 9.54. The monoisotopic (exact) mass is 364 g/mol. The van der Waals surface area contributed by atoms with Crippen LogP contribution in [0.5, 0.6) is 0 Å². The summed E-state index contributed by atoms with van der Waals surface area (Å²) in [6.45, 7) is 4.13. The van der Waals surface area contributed by atoms with Crippen molar-refractivity contribution in [1.29, 1.82) is 0 Å². The van der Waals surface area contributed by atoms with Gasteiger partial charge in [-0.25, -0.2) is 0 Å². The smallest absolute Gasteiger partial charge is 0.118 e. The Morgan fingerprint density at radius 2 is 1.85 bits per heavy atom. The molecule has 4 heteroatoms. The summed E-state index contributed by atoms with van der Waals surface area (Å²) in [5, 5.41) is 15.0. The summed E-state index contributed by atoms with van der Waals surface area (Å²) in [5.41, 5.74) is 0. The van der Waals surface area contributed by atoms with E-state index >= 15 is 0 Å². The summed E-state index contributed by atoms with van der Waals surface area (Å²) in [4.78, 5) is 7.64. The lowest BCUT2D eigenvalue weighted by molar-refractivity contribution is 0.0264. The van der Waals surface area contributed by atoms with Gasteiger partial charge in [0.15, 0.2) is 0 Å². The van der Waals surface area contributed by atoms with Crippen LogP contribution < -0.4 is 0 Å². The van der Waals surface area contributed by atoms with Crippen molar-refractivity contribution in [3.05, 3.63) is 0 Å². The summed E-state index contributed by atoms with van der Waals surface area (Å²) < 4.78 is 0. The molecule has 3 aliphatic rings. The second-order valence-electron chi connectivity index (χ2n) is 9.56. The van der Waals surface area contributed by atoms with Crippen LogP contribution in [0.2, 0.25) is 0 Å². The molecule has 0 saturated heterocycles. The standard InChI is InChI=1S/C22H40N2O2/c1-16-12-18(17-8-5-4-6-9-17)13-20-21(25)14-19(22(16)20)15-23-26-11-7-10-24(2)3/h15-22,25H,4-14H2,1-3H3/b23-15+/t16?,18-,19+,20+,21?,22+/m0/s1. The van der Waals surface area contributed by atoms with Gasteiger partial charge in [0.2, 0.25) is 0 Å². The summed E-state index contributed by atoms with van der Waals surface area (Å²) in [6, 6.07) is 0. The Balaban J connectivity index is 1.51. The van der Waals surface area contributed by atoms with E-state index in [9.17, 15) is 5.11 Å². The zero-order chi connectivity index (χ0) is 18.5. The maximum absolute atomic E-state index is 10.7. The molecular weight excluding hydrogens is 324 g/mol. The number of oxime groups is 1. The van der Waals surface area contributed by atoms with E-state index in [1.165, 1.54) is 44.9 Å². The fourth-order valence-corrected chi connectivity index (χ4v) is 6.19. The van der Waals surface area contributed by atoms with Crippen molar-refractivity contribution < 1.29 is 9.94 Å². The number of aliphatic hydroxyl groups excluding tert-OH is 1. The van der Waals surface area contributed by atoms with Crippen molar-refractivity contribution in [3.63, 3.8) is 0 Å². The molecule has 0 aromatic heterocycles. The van der Waals surface area contributed by atoms with Gasteiger partial charge in [-0.2, -0.15) is 0 Å². The van der Waals surface area contributed by atoms with E-state index in [0.717, 1.165) is 31.2 Å². The van der Waals surface area contributed by atoms with Crippen molar-refractivity contribution in [2.24, 2.45) is 40.7 Å². The molecule has 0 spiro atoms. The van der Waals surface area contributed by atoms with Crippen molar-refractivity contribution in [3.8, 4) is 0 Å². The predicted molar refractivity (Wildman–Crippen MR) is 107 cm³/mol. The number of fused-ring (bicyclic) bond motifs is 1. The molecule has 150 valence electrons. The molecule has 3 saturated carbocycles. The van der Waals surface area contributed by atoms with Gasteiger partial charge in [-0.15, -0.1) is 0 Å². The van der Waals surface area contributed by atoms with E-state index in [4.69, 9.17) is 4.84 Å². The molecule has 0 amide bonds. The Labute approximate surface area is 160 Å².